The van der Waals surface area contributed by atoms with Gasteiger partial charge in [-0.25, -0.2) is 4.98 Å². The zero-order valence-corrected chi connectivity index (χ0v) is 13.3. The summed E-state index contributed by atoms with van der Waals surface area (Å²) in [4.78, 5) is 27.7. The molecule has 0 unspecified atom stereocenters. The average Bonchev–Trinajstić information content (AvgIpc) is 2.42. The number of hydrogen-bond acceptors (Lipinski definition) is 4. The maximum absolute atomic E-state index is 12.0. The normalized spacial score (nSPS) is 10.2. The number of anilines is 1. The van der Waals surface area contributed by atoms with Crippen LogP contribution in [0.3, 0.4) is 0 Å². The summed E-state index contributed by atoms with van der Waals surface area (Å²) in [7, 11) is 1.32. The lowest BCUT2D eigenvalue weighted by atomic mass is 10.3. The Bertz CT molecular complexity index is 733. The fraction of sp³-hybridized carbons (Fsp3) is 0.154. The molecule has 0 saturated heterocycles. The van der Waals surface area contributed by atoms with Crippen LogP contribution in [0.25, 0.3) is 0 Å². The number of rotatable bonds is 4. The molecule has 0 bridgehead atoms. The van der Waals surface area contributed by atoms with Gasteiger partial charge < -0.3 is 10.1 Å². The lowest BCUT2D eigenvalue weighted by Gasteiger charge is -2.09. The van der Waals surface area contributed by atoms with Gasteiger partial charge in [-0.05, 0) is 18.2 Å². The highest BCUT2D eigenvalue weighted by atomic mass is 79.9. The Morgan fingerprint density at radius 3 is 2.95 bits per heavy atom. The van der Waals surface area contributed by atoms with Crippen molar-refractivity contribution in [2.75, 3.05) is 12.4 Å². The highest BCUT2D eigenvalue weighted by molar-refractivity contribution is 9.10. The van der Waals surface area contributed by atoms with Crippen LogP contribution in [-0.4, -0.2) is 22.6 Å². The first kappa shape index (κ1) is 15.5. The first-order valence-corrected chi connectivity index (χ1v) is 7.02. The van der Waals surface area contributed by atoms with E-state index in [0.29, 0.717) is 5.69 Å². The van der Waals surface area contributed by atoms with E-state index in [1.807, 2.05) is 6.07 Å². The van der Waals surface area contributed by atoms with Crippen molar-refractivity contribution in [3.05, 3.63) is 50.6 Å². The SMILES string of the molecule is COc1c(Cl)ncn(CC(=O)Nc2cccc(Br)c2)c1=O. The number of halogens is 2. The summed E-state index contributed by atoms with van der Waals surface area (Å²) in [6.45, 7) is -0.189. The molecule has 0 saturated carbocycles. The van der Waals surface area contributed by atoms with Gasteiger partial charge in [-0.1, -0.05) is 33.6 Å². The van der Waals surface area contributed by atoms with Gasteiger partial charge in [0.05, 0.1) is 13.4 Å². The van der Waals surface area contributed by atoms with E-state index in [-0.39, 0.29) is 23.4 Å². The zero-order valence-electron chi connectivity index (χ0n) is 11.0. The molecule has 2 aromatic rings. The van der Waals surface area contributed by atoms with Crippen LogP contribution in [0.1, 0.15) is 0 Å². The first-order valence-electron chi connectivity index (χ1n) is 5.85. The third-order valence-corrected chi connectivity index (χ3v) is 3.34. The van der Waals surface area contributed by atoms with Gasteiger partial charge in [-0.15, -0.1) is 0 Å². The molecule has 0 radical (unpaired) electrons. The van der Waals surface area contributed by atoms with Crippen LogP contribution >= 0.6 is 27.5 Å². The fourth-order valence-electron chi connectivity index (χ4n) is 1.66. The quantitative estimate of drug-likeness (QED) is 0.836. The fourth-order valence-corrected chi connectivity index (χ4v) is 2.26. The van der Waals surface area contributed by atoms with E-state index in [9.17, 15) is 9.59 Å². The largest absolute Gasteiger partial charge is 0.489 e. The number of nitrogens with zero attached hydrogens (tertiary/aromatic N) is 2. The number of carbonyl (C=O) groups is 1. The summed E-state index contributed by atoms with van der Waals surface area (Å²) in [5, 5.41) is 2.64. The van der Waals surface area contributed by atoms with Crippen molar-refractivity contribution < 1.29 is 9.53 Å². The number of methoxy groups -OCH3 is 1. The Kier molecular flexibility index (Phi) is 4.98. The molecule has 6 nitrogen and oxygen atoms in total. The van der Waals surface area contributed by atoms with Crippen molar-refractivity contribution in [1.82, 2.24) is 9.55 Å². The van der Waals surface area contributed by atoms with Gasteiger partial charge in [0.25, 0.3) is 5.56 Å². The molecule has 1 N–H and O–H groups in total. The van der Waals surface area contributed by atoms with E-state index in [4.69, 9.17) is 16.3 Å². The molecule has 1 aromatic heterocycles. The van der Waals surface area contributed by atoms with Crippen LogP contribution in [0.15, 0.2) is 39.9 Å². The standard InChI is InChI=1S/C13H11BrClN3O3/c1-21-11-12(15)16-7-18(13(11)20)6-10(19)17-9-4-2-3-8(14)5-9/h2-5,7H,6H2,1H3,(H,17,19). The highest BCUT2D eigenvalue weighted by Gasteiger charge is 2.12. The van der Waals surface area contributed by atoms with Gasteiger partial charge >= 0.3 is 0 Å². The molecule has 0 aliphatic rings. The van der Waals surface area contributed by atoms with Gasteiger partial charge in [0, 0.05) is 10.2 Å². The second kappa shape index (κ2) is 6.73. The summed E-state index contributed by atoms with van der Waals surface area (Å²) >= 11 is 9.04. The van der Waals surface area contributed by atoms with Crippen LogP contribution in [-0.2, 0) is 11.3 Å². The number of carbonyl (C=O) groups excluding carboxylic acids is 1. The molecule has 110 valence electrons. The smallest absolute Gasteiger partial charge is 0.297 e. The van der Waals surface area contributed by atoms with Crippen LogP contribution in [0.2, 0.25) is 5.15 Å². The molecule has 0 atom stereocenters. The van der Waals surface area contributed by atoms with Crippen molar-refractivity contribution in [2.45, 2.75) is 6.54 Å². The van der Waals surface area contributed by atoms with Crippen molar-refractivity contribution >= 4 is 39.1 Å². The minimum atomic E-state index is -0.512. The van der Waals surface area contributed by atoms with Crippen LogP contribution in [0.5, 0.6) is 5.75 Å². The van der Waals surface area contributed by atoms with Gasteiger partial charge in [0.2, 0.25) is 11.7 Å². The zero-order chi connectivity index (χ0) is 15.4. The average molecular weight is 373 g/mol. The minimum absolute atomic E-state index is 0.0360. The van der Waals surface area contributed by atoms with Crippen molar-refractivity contribution in [2.24, 2.45) is 0 Å². The van der Waals surface area contributed by atoms with E-state index < -0.39 is 5.56 Å². The number of ether oxygens (including phenoxy) is 1. The summed E-state index contributed by atoms with van der Waals surface area (Å²) in [6, 6.07) is 7.13. The van der Waals surface area contributed by atoms with Gasteiger partial charge in [-0.3, -0.25) is 14.2 Å². The molecule has 21 heavy (non-hydrogen) atoms. The summed E-state index contributed by atoms with van der Waals surface area (Å²) in [5.74, 6) is -0.448. The Balaban J connectivity index is 2.15. The molecule has 1 amide bonds. The molecule has 1 heterocycles. The van der Waals surface area contributed by atoms with Crippen LogP contribution in [0, 0.1) is 0 Å². The summed E-state index contributed by atoms with van der Waals surface area (Å²) in [6.07, 6.45) is 1.20. The molecule has 2 rings (SSSR count). The third-order valence-electron chi connectivity index (χ3n) is 2.58. The maximum atomic E-state index is 12.0. The molecule has 0 spiro atoms. The van der Waals surface area contributed by atoms with E-state index in [1.165, 1.54) is 13.4 Å². The third kappa shape index (κ3) is 3.83. The van der Waals surface area contributed by atoms with E-state index in [0.717, 1.165) is 9.04 Å². The molecule has 1 aromatic carbocycles. The van der Waals surface area contributed by atoms with Crippen LogP contribution in [0.4, 0.5) is 5.69 Å². The number of amides is 1. The van der Waals surface area contributed by atoms with Gasteiger partial charge in [-0.2, -0.15) is 0 Å². The van der Waals surface area contributed by atoms with E-state index in [1.54, 1.807) is 18.2 Å². The van der Waals surface area contributed by atoms with Gasteiger partial charge in [0.1, 0.15) is 6.54 Å². The Hall–Kier alpha value is -1.86. The highest BCUT2D eigenvalue weighted by Crippen LogP contribution is 2.16. The van der Waals surface area contributed by atoms with Crippen molar-refractivity contribution in [3.8, 4) is 5.75 Å². The molecule has 0 aliphatic carbocycles. The van der Waals surface area contributed by atoms with Crippen LogP contribution < -0.4 is 15.6 Å². The van der Waals surface area contributed by atoms with Crippen molar-refractivity contribution in [1.29, 1.82) is 0 Å². The predicted molar refractivity (Wildman–Crippen MR) is 82.8 cm³/mol. The number of benzene rings is 1. The lowest BCUT2D eigenvalue weighted by Crippen LogP contribution is -2.28. The molecule has 8 heteroatoms. The number of aromatic nitrogens is 2. The minimum Gasteiger partial charge on any atom is -0.489 e. The Morgan fingerprint density at radius 1 is 1.52 bits per heavy atom. The second-order valence-corrected chi connectivity index (χ2v) is 5.33. The monoisotopic (exact) mass is 371 g/mol. The number of nitrogens with one attached hydrogen (secondary N) is 1. The number of hydrogen-bond donors (Lipinski definition) is 1. The van der Waals surface area contributed by atoms with E-state index in [2.05, 4.69) is 26.2 Å². The maximum Gasteiger partial charge on any atom is 0.297 e. The second-order valence-electron chi connectivity index (χ2n) is 4.06. The first-order chi connectivity index (χ1) is 10.0. The van der Waals surface area contributed by atoms with Gasteiger partial charge in [0.15, 0.2) is 5.15 Å². The molecule has 0 fully saturated rings. The molecular formula is C13H11BrClN3O3. The Morgan fingerprint density at radius 2 is 2.29 bits per heavy atom. The molecule has 0 aliphatic heterocycles. The lowest BCUT2D eigenvalue weighted by molar-refractivity contribution is -0.116. The molecular weight excluding hydrogens is 362 g/mol. The predicted octanol–water partition coefficient (Wildman–Crippen LogP) is 2.31. The summed E-state index contributed by atoms with van der Waals surface area (Å²) < 4.78 is 6.83. The summed E-state index contributed by atoms with van der Waals surface area (Å²) in [5.41, 5.74) is 0.109. The van der Waals surface area contributed by atoms with Crippen molar-refractivity contribution in [3.63, 3.8) is 0 Å². The Labute approximate surface area is 133 Å². The van der Waals surface area contributed by atoms with E-state index >= 15 is 0 Å². The topological polar surface area (TPSA) is 73.2 Å².